The number of aryl methyl sites for hydroxylation is 2. The molecule has 1 heterocycles. The van der Waals surface area contributed by atoms with Crippen LogP contribution in [0.4, 0.5) is 5.69 Å². The lowest BCUT2D eigenvalue weighted by Gasteiger charge is -2.19. The SMILES string of the molecule is CCc1ccccc1N1C[C@H](C(=O)OCC(=O)c2ccc(OC(=O)c3ccc(C)cc3)cc2)CC1=O. The minimum Gasteiger partial charge on any atom is -0.457 e. The monoisotopic (exact) mass is 485 g/mol. The predicted octanol–water partition coefficient (Wildman–Crippen LogP) is 4.56. The zero-order valence-electron chi connectivity index (χ0n) is 20.2. The number of ether oxygens (including phenoxy) is 2. The molecule has 7 nitrogen and oxygen atoms in total. The van der Waals surface area contributed by atoms with Crippen LogP contribution in [-0.4, -0.2) is 36.8 Å². The number of amides is 1. The lowest BCUT2D eigenvalue weighted by Crippen LogP contribution is -2.28. The number of hydrogen-bond donors (Lipinski definition) is 0. The maximum atomic E-state index is 12.6. The highest BCUT2D eigenvalue weighted by Crippen LogP contribution is 2.29. The first kappa shape index (κ1) is 24.9. The van der Waals surface area contributed by atoms with E-state index < -0.39 is 30.2 Å². The Bertz CT molecular complexity index is 1280. The zero-order valence-corrected chi connectivity index (χ0v) is 20.2. The first-order valence-electron chi connectivity index (χ1n) is 11.8. The molecule has 184 valence electrons. The van der Waals surface area contributed by atoms with Crippen LogP contribution >= 0.6 is 0 Å². The van der Waals surface area contributed by atoms with Gasteiger partial charge in [0.2, 0.25) is 5.91 Å². The minimum atomic E-state index is -0.626. The molecule has 0 unspecified atom stereocenters. The van der Waals surface area contributed by atoms with E-state index in [1.807, 2.05) is 50.2 Å². The standard InChI is InChI=1S/C29H27NO6/c1-3-20-6-4-5-7-25(20)30-17-23(16-27(30)32)28(33)35-18-26(31)21-12-14-24(15-13-21)36-29(34)22-10-8-19(2)9-11-22/h4-15,23H,3,16-18H2,1-2H3/t23-/m1/s1. The van der Waals surface area contributed by atoms with E-state index in [0.29, 0.717) is 16.9 Å². The summed E-state index contributed by atoms with van der Waals surface area (Å²) in [6, 6.07) is 20.7. The van der Waals surface area contributed by atoms with Crippen LogP contribution in [0.15, 0.2) is 72.8 Å². The van der Waals surface area contributed by atoms with Gasteiger partial charge in [0.1, 0.15) is 5.75 Å². The van der Waals surface area contributed by atoms with E-state index in [1.165, 1.54) is 24.3 Å². The van der Waals surface area contributed by atoms with E-state index in [-0.39, 0.29) is 18.9 Å². The highest BCUT2D eigenvalue weighted by atomic mass is 16.5. The smallest absolute Gasteiger partial charge is 0.343 e. The number of para-hydroxylation sites is 1. The summed E-state index contributed by atoms with van der Waals surface area (Å²) in [5.41, 5.74) is 3.62. The van der Waals surface area contributed by atoms with Crippen LogP contribution in [0.3, 0.4) is 0 Å². The lowest BCUT2D eigenvalue weighted by molar-refractivity contribution is -0.147. The van der Waals surface area contributed by atoms with Crippen LogP contribution in [0, 0.1) is 12.8 Å². The Balaban J connectivity index is 1.30. The van der Waals surface area contributed by atoms with E-state index >= 15 is 0 Å². The van der Waals surface area contributed by atoms with Gasteiger partial charge in [-0.15, -0.1) is 0 Å². The average molecular weight is 486 g/mol. The van der Waals surface area contributed by atoms with Gasteiger partial charge in [0.25, 0.3) is 0 Å². The molecule has 0 aliphatic carbocycles. The van der Waals surface area contributed by atoms with E-state index in [9.17, 15) is 19.2 Å². The largest absolute Gasteiger partial charge is 0.457 e. The first-order valence-corrected chi connectivity index (χ1v) is 11.8. The summed E-state index contributed by atoms with van der Waals surface area (Å²) >= 11 is 0. The number of hydrogen-bond acceptors (Lipinski definition) is 6. The van der Waals surface area contributed by atoms with Gasteiger partial charge in [0, 0.05) is 24.2 Å². The molecule has 36 heavy (non-hydrogen) atoms. The topological polar surface area (TPSA) is 90.0 Å². The Morgan fingerprint density at radius 3 is 2.28 bits per heavy atom. The predicted molar refractivity (Wildman–Crippen MR) is 134 cm³/mol. The summed E-state index contributed by atoms with van der Waals surface area (Å²) in [4.78, 5) is 51.5. The van der Waals surface area contributed by atoms with Gasteiger partial charge in [-0.3, -0.25) is 14.4 Å². The molecule has 1 saturated heterocycles. The van der Waals surface area contributed by atoms with E-state index in [4.69, 9.17) is 9.47 Å². The maximum absolute atomic E-state index is 12.6. The quantitative estimate of drug-likeness (QED) is 0.264. The van der Waals surface area contributed by atoms with Crippen molar-refractivity contribution in [3.8, 4) is 5.75 Å². The third-order valence-electron chi connectivity index (χ3n) is 6.14. The Kier molecular flexibility index (Phi) is 7.59. The number of rotatable bonds is 8. The molecule has 1 atom stereocenters. The molecule has 3 aromatic carbocycles. The van der Waals surface area contributed by atoms with Crippen molar-refractivity contribution in [3.63, 3.8) is 0 Å². The summed E-state index contributed by atoms with van der Waals surface area (Å²) in [6.45, 7) is 3.73. The molecule has 1 aliphatic rings. The molecule has 0 bridgehead atoms. The number of Topliss-reactive ketones (excluding diaryl/α,β-unsaturated/α-hetero) is 1. The molecule has 7 heteroatoms. The second-order valence-corrected chi connectivity index (χ2v) is 8.70. The normalized spacial score (nSPS) is 15.0. The second-order valence-electron chi connectivity index (χ2n) is 8.70. The van der Waals surface area contributed by atoms with E-state index in [0.717, 1.165) is 23.2 Å². The molecule has 0 saturated carbocycles. The van der Waals surface area contributed by atoms with Crippen LogP contribution in [0.5, 0.6) is 5.75 Å². The van der Waals surface area contributed by atoms with Crippen LogP contribution in [0.25, 0.3) is 0 Å². The third kappa shape index (κ3) is 5.68. The van der Waals surface area contributed by atoms with Crippen molar-refractivity contribution >= 4 is 29.3 Å². The van der Waals surface area contributed by atoms with Crippen molar-refractivity contribution < 1.29 is 28.7 Å². The molecule has 0 spiro atoms. The molecule has 0 N–H and O–H groups in total. The van der Waals surface area contributed by atoms with E-state index in [2.05, 4.69) is 0 Å². The fraction of sp³-hybridized carbons (Fsp3) is 0.241. The van der Waals surface area contributed by atoms with Crippen LogP contribution < -0.4 is 9.64 Å². The number of benzene rings is 3. The van der Waals surface area contributed by atoms with Crippen molar-refractivity contribution in [2.75, 3.05) is 18.1 Å². The lowest BCUT2D eigenvalue weighted by atomic mass is 10.1. The van der Waals surface area contributed by atoms with Crippen LogP contribution in [-0.2, 0) is 20.7 Å². The average Bonchev–Trinajstić information content (AvgIpc) is 3.29. The molecule has 1 aliphatic heterocycles. The summed E-state index contributed by atoms with van der Waals surface area (Å²) in [5.74, 6) is -1.93. The molecular weight excluding hydrogens is 458 g/mol. The summed E-state index contributed by atoms with van der Waals surface area (Å²) in [6.07, 6.45) is 0.819. The van der Waals surface area contributed by atoms with Gasteiger partial charge in [-0.05, 0) is 61.4 Å². The highest BCUT2D eigenvalue weighted by molar-refractivity contribution is 6.01. The van der Waals surface area contributed by atoms with Gasteiger partial charge in [-0.2, -0.15) is 0 Å². The highest BCUT2D eigenvalue weighted by Gasteiger charge is 2.37. The third-order valence-corrected chi connectivity index (χ3v) is 6.14. The fourth-order valence-corrected chi connectivity index (χ4v) is 4.07. The molecular formula is C29H27NO6. The van der Waals surface area contributed by atoms with Crippen LogP contribution in [0.1, 0.15) is 45.2 Å². The number of ketones is 1. The van der Waals surface area contributed by atoms with Crippen molar-refractivity contribution in [2.45, 2.75) is 26.7 Å². The maximum Gasteiger partial charge on any atom is 0.343 e. The Morgan fingerprint density at radius 1 is 0.917 bits per heavy atom. The number of carbonyl (C=O) groups is 4. The molecule has 0 aromatic heterocycles. The number of carbonyl (C=O) groups excluding carboxylic acids is 4. The summed E-state index contributed by atoms with van der Waals surface area (Å²) in [7, 11) is 0. The number of anilines is 1. The molecule has 3 aromatic rings. The Hall–Kier alpha value is -4.26. The van der Waals surface area contributed by atoms with Gasteiger partial charge in [-0.1, -0.05) is 42.8 Å². The molecule has 4 rings (SSSR count). The number of esters is 2. The second kappa shape index (κ2) is 11.0. The summed E-state index contributed by atoms with van der Waals surface area (Å²) in [5, 5.41) is 0. The van der Waals surface area contributed by atoms with Crippen molar-refractivity contribution in [2.24, 2.45) is 5.92 Å². The first-order chi connectivity index (χ1) is 17.4. The molecule has 1 amide bonds. The summed E-state index contributed by atoms with van der Waals surface area (Å²) < 4.78 is 10.6. The van der Waals surface area contributed by atoms with Crippen molar-refractivity contribution in [3.05, 3.63) is 95.1 Å². The van der Waals surface area contributed by atoms with E-state index in [1.54, 1.807) is 17.0 Å². The minimum absolute atomic E-state index is 0.0477. The van der Waals surface area contributed by atoms with Gasteiger partial charge in [0.05, 0.1) is 11.5 Å². The van der Waals surface area contributed by atoms with Crippen LogP contribution in [0.2, 0.25) is 0 Å². The van der Waals surface area contributed by atoms with Gasteiger partial charge in [-0.25, -0.2) is 4.79 Å². The Morgan fingerprint density at radius 2 is 1.58 bits per heavy atom. The number of nitrogens with zero attached hydrogens (tertiary/aromatic N) is 1. The van der Waals surface area contributed by atoms with Gasteiger partial charge >= 0.3 is 11.9 Å². The zero-order chi connectivity index (χ0) is 25.7. The van der Waals surface area contributed by atoms with Gasteiger partial charge in [0.15, 0.2) is 12.4 Å². The van der Waals surface area contributed by atoms with Crippen molar-refractivity contribution in [1.82, 2.24) is 0 Å². The Labute approximate surface area is 209 Å². The molecule has 0 radical (unpaired) electrons. The van der Waals surface area contributed by atoms with Gasteiger partial charge < -0.3 is 14.4 Å². The fourth-order valence-electron chi connectivity index (χ4n) is 4.07. The molecule has 1 fully saturated rings. The van der Waals surface area contributed by atoms with Crippen molar-refractivity contribution in [1.29, 1.82) is 0 Å².